The number of hydrogen-bond donors (Lipinski definition) is 2. The molecule has 0 saturated heterocycles. The maximum absolute atomic E-state index is 13.0. The van der Waals surface area contributed by atoms with Crippen LogP contribution in [-0.2, 0) is 4.79 Å². The van der Waals surface area contributed by atoms with E-state index in [1.165, 1.54) is 12.3 Å². The second-order valence-corrected chi connectivity index (χ2v) is 3.27. The van der Waals surface area contributed by atoms with Gasteiger partial charge in [-0.05, 0) is 34.7 Å². The Hall–Kier alpha value is -0.590. The van der Waals surface area contributed by atoms with Crippen molar-refractivity contribution >= 4 is 28.6 Å². The molecule has 0 radical (unpaired) electrons. The summed E-state index contributed by atoms with van der Waals surface area (Å²) in [5.41, 5.74) is 0. The summed E-state index contributed by atoms with van der Waals surface area (Å²) in [6, 6.07) is 0. The number of nitrogens with one attached hydrogen (secondary N) is 1. The SMILES string of the molecule is O=C(O)C1(F)C=CC(I)=CN1. The average molecular weight is 269 g/mol. The van der Waals surface area contributed by atoms with Gasteiger partial charge in [0.2, 0.25) is 0 Å². The van der Waals surface area contributed by atoms with E-state index in [0.29, 0.717) is 0 Å². The van der Waals surface area contributed by atoms with Crippen molar-refractivity contribution in [1.82, 2.24) is 5.32 Å². The molecule has 3 nitrogen and oxygen atoms in total. The molecule has 0 aromatic rings. The van der Waals surface area contributed by atoms with Crippen molar-refractivity contribution in [2.75, 3.05) is 0 Å². The highest BCUT2D eigenvalue weighted by atomic mass is 127. The molecule has 1 aliphatic heterocycles. The van der Waals surface area contributed by atoms with Crippen LogP contribution in [0, 0.1) is 0 Å². The molecule has 0 aromatic heterocycles. The highest BCUT2D eigenvalue weighted by Gasteiger charge is 2.35. The summed E-state index contributed by atoms with van der Waals surface area (Å²) >= 11 is 1.95. The van der Waals surface area contributed by atoms with E-state index >= 15 is 0 Å². The minimum absolute atomic E-state index is 0.761. The standard InChI is InChI=1S/C6H5FINO2/c7-6(5(10)11)2-1-4(8)3-9-6/h1-3,9H,(H,10,11). The molecule has 1 atom stereocenters. The van der Waals surface area contributed by atoms with Gasteiger partial charge in [-0.15, -0.1) is 0 Å². The van der Waals surface area contributed by atoms with Crippen LogP contribution in [0.1, 0.15) is 0 Å². The number of dihydropyridines is 1. The quantitative estimate of drug-likeness (QED) is 0.555. The minimum Gasteiger partial charge on any atom is -0.477 e. The Morgan fingerprint density at radius 3 is 2.82 bits per heavy atom. The first-order chi connectivity index (χ1) is 5.04. The van der Waals surface area contributed by atoms with Gasteiger partial charge in [0.15, 0.2) is 0 Å². The summed E-state index contributed by atoms with van der Waals surface area (Å²) in [6.45, 7) is 0. The van der Waals surface area contributed by atoms with E-state index in [2.05, 4.69) is 5.32 Å². The molecule has 1 unspecified atom stereocenters. The van der Waals surface area contributed by atoms with Crippen molar-refractivity contribution in [3.05, 3.63) is 21.9 Å². The molecule has 1 rings (SSSR count). The van der Waals surface area contributed by atoms with Gasteiger partial charge < -0.3 is 10.4 Å². The van der Waals surface area contributed by atoms with Crippen molar-refractivity contribution in [2.45, 2.75) is 5.79 Å². The molecule has 11 heavy (non-hydrogen) atoms. The number of allylic oxidation sites excluding steroid dienone is 2. The van der Waals surface area contributed by atoms with E-state index in [1.54, 1.807) is 0 Å². The summed E-state index contributed by atoms with van der Waals surface area (Å²) in [6.07, 6.45) is 3.69. The van der Waals surface area contributed by atoms with Gasteiger partial charge in [-0.2, -0.15) is 0 Å². The molecule has 0 saturated carbocycles. The van der Waals surface area contributed by atoms with Crippen LogP contribution < -0.4 is 5.32 Å². The van der Waals surface area contributed by atoms with Crippen molar-refractivity contribution in [1.29, 1.82) is 0 Å². The normalized spacial score (nSPS) is 29.1. The number of hydrogen-bond acceptors (Lipinski definition) is 2. The molecular weight excluding hydrogens is 264 g/mol. The molecule has 1 heterocycles. The van der Waals surface area contributed by atoms with Crippen LogP contribution >= 0.6 is 22.6 Å². The lowest BCUT2D eigenvalue weighted by Crippen LogP contribution is -2.44. The third-order valence-electron chi connectivity index (χ3n) is 1.20. The second-order valence-electron chi connectivity index (χ2n) is 2.02. The molecule has 5 heteroatoms. The van der Waals surface area contributed by atoms with E-state index in [4.69, 9.17) is 5.11 Å². The summed E-state index contributed by atoms with van der Waals surface area (Å²) in [4.78, 5) is 10.3. The second kappa shape index (κ2) is 2.80. The van der Waals surface area contributed by atoms with Gasteiger partial charge in [0.05, 0.1) is 0 Å². The predicted octanol–water partition coefficient (Wildman–Crippen LogP) is 1.17. The number of carboxylic acids is 1. The van der Waals surface area contributed by atoms with Crippen LogP contribution in [0.25, 0.3) is 0 Å². The maximum atomic E-state index is 13.0. The van der Waals surface area contributed by atoms with Crippen molar-refractivity contribution in [3.63, 3.8) is 0 Å². The van der Waals surface area contributed by atoms with E-state index in [0.717, 1.165) is 9.66 Å². The lowest BCUT2D eigenvalue weighted by Gasteiger charge is -2.19. The fraction of sp³-hybridized carbons (Fsp3) is 0.167. The lowest BCUT2D eigenvalue weighted by molar-refractivity contribution is -0.148. The van der Waals surface area contributed by atoms with E-state index in [-0.39, 0.29) is 0 Å². The summed E-state index contributed by atoms with van der Waals surface area (Å²) in [7, 11) is 0. The van der Waals surface area contributed by atoms with Crippen LogP contribution in [0.2, 0.25) is 0 Å². The Bertz CT molecular complexity index is 251. The zero-order valence-corrected chi connectivity index (χ0v) is 7.50. The van der Waals surface area contributed by atoms with E-state index in [1.807, 2.05) is 22.6 Å². The first kappa shape index (κ1) is 8.51. The monoisotopic (exact) mass is 269 g/mol. The number of carbonyl (C=O) groups is 1. The van der Waals surface area contributed by atoms with Crippen molar-refractivity contribution in [3.8, 4) is 0 Å². The number of carboxylic acid groups (broad SMARTS) is 1. The van der Waals surface area contributed by atoms with E-state index in [9.17, 15) is 9.18 Å². The number of rotatable bonds is 1. The van der Waals surface area contributed by atoms with Crippen LogP contribution in [0.15, 0.2) is 21.9 Å². The molecule has 2 N–H and O–H groups in total. The molecule has 0 amide bonds. The smallest absolute Gasteiger partial charge is 0.366 e. The number of halogens is 2. The van der Waals surface area contributed by atoms with Crippen LogP contribution in [0.3, 0.4) is 0 Å². The third-order valence-corrected chi connectivity index (χ3v) is 1.87. The van der Waals surface area contributed by atoms with Crippen molar-refractivity contribution in [2.24, 2.45) is 0 Å². The van der Waals surface area contributed by atoms with E-state index < -0.39 is 11.8 Å². The Balaban J connectivity index is 2.82. The summed E-state index contributed by atoms with van der Waals surface area (Å²) in [5, 5.41) is 10.5. The zero-order chi connectivity index (χ0) is 8.48. The molecule has 0 bridgehead atoms. The van der Waals surface area contributed by atoms with Gasteiger partial charge in [-0.3, -0.25) is 0 Å². The fourth-order valence-corrected chi connectivity index (χ4v) is 0.933. The van der Waals surface area contributed by atoms with Crippen LogP contribution in [0.4, 0.5) is 4.39 Å². The van der Waals surface area contributed by atoms with Gasteiger partial charge in [-0.1, -0.05) is 0 Å². The minimum atomic E-state index is -2.44. The predicted molar refractivity (Wildman–Crippen MR) is 45.9 cm³/mol. The Morgan fingerprint density at radius 1 is 1.82 bits per heavy atom. The fourth-order valence-electron chi connectivity index (χ4n) is 0.598. The Labute approximate surface area is 76.1 Å². The van der Waals surface area contributed by atoms with Gasteiger partial charge in [0, 0.05) is 9.78 Å². The zero-order valence-electron chi connectivity index (χ0n) is 5.34. The van der Waals surface area contributed by atoms with Crippen molar-refractivity contribution < 1.29 is 14.3 Å². The topological polar surface area (TPSA) is 49.3 Å². The van der Waals surface area contributed by atoms with Crippen LogP contribution in [0.5, 0.6) is 0 Å². The first-order valence-electron chi connectivity index (χ1n) is 2.79. The molecule has 0 aliphatic carbocycles. The van der Waals surface area contributed by atoms with Gasteiger partial charge in [0.1, 0.15) is 0 Å². The maximum Gasteiger partial charge on any atom is 0.366 e. The largest absolute Gasteiger partial charge is 0.477 e. The molecule has 1 aliphatic rings. The average Bonchev–Trinajstić information content (AvgIpc) is 1.95. The molecule has 60 valence electrons. The van der Waals surface area contributed by atoms with Gasteiger partial charge in [0.25, 0.3) is 5.79 Å². The Kier molecular flexibility index (Phi) is 2.17. The van der Waals surface area contributed by atoms with Gasteiger partial charge in [-0.25, -0.2) is 9.18 Å². The summed E-state index contributed by atoms with van der Waals surface area (Å²) < 4.78 is 13.8. The highest BCUT2D eigenvalue weighted by Crippen LogP contribution is 2.19. The molecular formula is C6H5FINO2. The number of aliphatic carboxylic acids is 1. The van der Waals surface area contributed by atoms with Gasteiger partial charge >= 0.3 is 5.97 Å². The van der Waals surface area contributed by atoms with Crippen LogP contribution in [-0.4, -0.2) is 16.9 Å². The Morgan fingerprint density at radius 2 is 2.45 bits per heavy atom. The summed E-state index contributed by atoms with van der Waals surface area (Å²) in [5.74, 6) is -3.97. The molecule has 0 fully saturated rings. The number of alkyl halides is 1. The lowest BCUT2D eigenvalue weighted by atomic mass is 10.2. The third kappa shape index (κ3) is 1.70. The highest BCUT2D eigenvalue weighted by molar-refractivity contribution is 14.1. The molecule has 0 spiro atoms. The molecule has 0 aromatic carbocycles. The first-order valence-corrected chi connectivity index (χ1v) is 3.87.